The normalized spacial score (nSPS) is 23.2. The lowest BCUT2D eigenvalue weighted by Crippen LogP contribution is -2.23. The first-order valence-electron chi connectivity index (χ1n) is 15.6. The van der Waals surface area contributed by atoms with Crippen molar-refractivity contribution < 1.29 is 4.74 Å². The van der Waals surface area contributed by atoms with Crippen LogP contribution >= 0.6 is 0 Å². The molecule has 1 saturated carbocycles. The summed E-state index contributed by atoms with van der Waals surface area (Å²) in [6, 6.07) is 31.1. The van der Waals surface area contributed by atoms with Gasteiger partial charge in [-0.25, -0.2) is 0 Å². The summed E-state index contributed by atoms with van der Waals surface area (Å²) < 4.78 is 6.44. The van der Waals surface area contributed by atoms with E-state index in [9.17, 15) is 0 Å². The molecule has 2 fully saturated rings. The zero-order valence-corrected chi connectivity index (χ0v) is 23.5. The number of ether oxygens (including phenoxy) is 1. The molecule has 4 aromatic rings. The Hall–Kier alpha value is -2.68. The zero-order chi connectivity index (χ0) is 26.3. The predicted molar refractivity (Wildman–Crippen MR) is 165 cm³/mol. The van der Waals surface area contributed by atoms with Gasteiger partial charge in [-0.1, -0.05) is 97.8 Å². The molecule has 2 heteroatoms. The molecule has 39 heavy (non-hydrogen) atoms. The van der Waals surface area contributed by atoms with E-state index in [2.05, 4.69) is 90.2 Å². The molecular weight excluding hydrogens is 474 g/mol. The Morgan fingerprint density at radius 2 is 1.08 bits per heavy atom. The Morgan fingerprint density at radius 1 is 0.538 bits per heavy atom. The van der Waals surface area contributed by atoms with Gasteiger partial charge in [0, 0.05) is 0 Å². The van der Waals surface area contributed by atoms with Crippen LogP contribution in [0.2, 0.25) is 0 Å². The molecule has 1 N–H and O–H groups in total. The van der Waals surface area contributed by atoms with E-state index in [1.54, 1.807) is 0 Å². The van der Waals surface area contributed by atoms with Gasteiger partial charge in [0.1, 0.15) is 0 Å². The summed E-state index contributed by atoms with van der Waals surface area (Å²) in [4.78, 5) is 0. The van der Waals surface area contributed by atoms with Crippen LogP contribution in [0.4, 0.5) is 0 Å². The summed E-state index contributed by atoms with van der Waals surface area (Å²) in [6.07, 6.45) is 14.9. The molecule has 204 valence electrons. The molecule has 1 heterocycles. The number of rotatable bonds is 12. The van der Waals surface area contributed by atoms with Gasteiger partial charge in [0.05, 0.1) is 12.2 Å². The Bertz CT molecular complexity index is 1230. The molecule has 1 aliphatic heterocycles. The third kappa shape index (κ3) is 6.91. The standard InChI is InChI=1S/C37H45NO/c1-3-13-36-30(7-1)9-5-11-32(36)18-17-28-15-16-29(27-28)23-25-38-26-24-35-22-21-34(39-35)20-19-33-12-6-10-31-8-2-4-14-37(31)33/h1-14,28-29,34-35,38H,15-27H2. The van der Waals surface area contributed by atoms with E-state index >= 15 is 0 Å². The van der Waals surface area contributed by atoms with E-state index in [-0.39, 0.29) is 0 Å². The number of hydrogen-bond donors (Lipinski definition) is 1. The van der Waals surface area contributed by atoms with Crippen LogP contribution in [0.1, 0.15) is 68.9 Å². The molecule has 0 spiro atoms. The van der Waals surface area contributed by atoms with E-state index in [4.69, 9.17) is 4.74 Å². The largest absolute Gasteiger partial charge is 0.375 e. The highest BCUT2D eigenvalue weighted by atomic mass is 16.5. The van der Waals surface area contributed by atoms with Crippen molar-refractivity contribution in [3.8, 4) is 0 Å². The molecule has 0 aromatic heterocycles. The summed E-state index contributed by atoms with van der Waals surface area (Å²) in [6.45, 7) is 2.26. The van der Waals surface area contributed by atoms with E-state index in [1.165, 1.54) is 84.0 Å². The van der Waals surface area contributed by atoms with Gasteiger partial charge in [-0.2, -0.15) is 0 Å². The topological polar surface area (TPSA) is 21.3 Å². The van der Waals surface area contributed by atoms with Crippen LogP contribution < -0.4 is 5.32 Å². The summed E-state index contributed by atoms with van der Waals surface area (Å²) in [5, 5.41) is 9.32. The lowest BCUT2D eigenvalue weighted by Gasteiger charge is -2.16. The molecule has 1 saturated heterocycles. The molecule has 6 rings (SSSR count). The first-order chi connectivity index (χ1) is 19.3. The average molecular weight is 520 g/mol. The molecule has 4 unspecified atom stereocenters. The van der Waals surface area contributed by atoms with Crippen LogP contribution in [0.15, 0.2) is 84.9 Å². The van der Waals surface area contributed by atoms with E-state index in [0.29, 0.717) is 12.2 Å². The molecule has 2 aliphatic rings. The number of hydrogen-bond acceptors (Lipinski definition) is 2. The first-order valence-corrected chi connectivity index (χ1v) is 15.6. The summed E-state index contributed by atoms with van der Waals surface area (Å²) >= 11 is 0. The van der Waals surface area contributed by atoms with Crippen LogP contribution in [0, 0.1) is 11.8 Å². The van der Waals surface area contributed by atoms with Crippen molar-refractivity contribution in [2.24, 2.45) is 11.8 Å². The SMILES string of the molecule is c1ccc2c(CCC3CCC(CCNCCC4CCC(CCc5cccc6ccccc56)O4)C3)cccc2c1. The maximum atomic E-state index is 6.44. The average Bonchev–Trinajstić information content (AvgIpc) is 3.64. The third-order valence-electron chi connectivity index (χ3n) is 9.54. The number of benzene rings is 4. The van der Waals surface area contributed by atoms with Crippen molar-refractivity contribution in [2.45, 2.75) is 82.8 Å². The maximum absolute atomic E-state index is 6.44. The van der Waals surface area contributed by atoms with Crippen molar-refractivity contribution in [1.82, 2.24) is 5.32 Å². The Kier molecular flexibility index (Phi) is 8.92. The fourth-order valence-corrected chi connectivity index (χ4v) is 7.30. The fraction of sp³-hybridized carbons (Fsp3) is 0.459. The smallest absolute Gasteiger partial charge is 0.0592 e. The number of aryl methyl sites for hydroxylation is 2. The molecule has 1 aliphatic carbocycles. The Morgan fingerprint density at radius 3 is 1.77 bits per heavy atom. The van der Waals surface area contributed by atoms with Gasteiger partial charge in [0.15, 0.2) is 0 Å². The highest BCUT2D eigenvalue weighted by molar-refractivity contribution is 5.86. The van der Waals surface area contributed by atoms with Gasteiger partial charge in [-0.15, -0.1) is 0 Å². The first kappa shape index (κ1) is 26.5. The van der Waals surface area contributed by atoms with E-state index in [1.807, 2.05) is 0 Å². The van der Waals surface area contributed by atoms with Crippen LogP contribution in [0.25, 0.3) is 21.5 Å². The number of nitrogens with one attached hydrogen (secondary N) is 1. The molecule has 4 aromatic carbocycles. The van der Waals surface area contributed by atoms with Gasteiger partial charge < -0.3 is 10.1 Å². The summed E-state index contributed by atoms with van der Waals surface area (Å²) in [5.74, 6) is 1.82. The molecule has 0 bridgehead atoms. The van der Waals surface area contributed by atoms with Crippen molar-refractivity contribution in [2.75, 3.05) is 13.1 Å². The number of fused-ring (bicyclic) bond motifs is 2. The fourth-order valence-electron chi connectivity index (χ4n) is 7.30. The van der Waals surface area contributed by atoms with Crippen LogP contribution in [-0.2, 0) is 17.6 Å². The lowest BCUT2D eigenvalue weighted by molar-refractivity contribution is 0.0366. The van der Waals surface area contributed by atoms with Gasteiger partial charge in [-0.05, 0) is 115 Å². The van der Waals surface area contributed by atoms with Gasteiger partial charge in [-0.3, -0.25) is 0 Å². The zero-order valence-electron chi connectivity index (χ0n) is 23.5. The molecule has 0 amide bonds. The summed E-state index contributed by atoms with van der Waals surface area (Å²) in [5.41, 5.74) is 2.99. The van der Waals surface area contributed by atoms with Crippen molar-refractivity contribution >= 4 is 21.5 Å². The van der Waals surface area contributed by atoms with Crippen LogP contribution in [0.5, 0.6) is 0 Å². The predicted octanol–water partition coefficient (Wildman–Crippen LogP) is 8.89. The van der Waals surface area contributed by atoms with Crippen molar-refractivity contribution in [3.63, 3.8) is 0 Å². The van der Waals surface area contributed by atoms with Gasteiger partial charge in [0.2, 0.25) is 0 Å². The molecular formula is C37H45NO. The van der Waals surface area contributed by atoms with E-state index in [0.717, 1.165) is 44.2 Å². The highest BCUT2D eigenvalue weighted by Crippen LogP contribution is 2.36. The molecule has 0 radical (unpaired) electrons. The van der Waals surface area contributed by atoms with Crippen molar-refractivity contribution in [3.05, 3.63) is 96.1 Å². The second-order valence-corrected chi connectivity index (χ2v) is 12.2. The second kappa shape index (κ2) is 13.1. The monoisotopic (exact) mass is 519 g/mol. The lowest BCUT2D eigenvalue weighted by atomic mass is 9.94. The minimum absolute atomic E-state index is 0.429. The third-order valence-corrected chi connectivity index (χ3v) is 9.54. The Balaban J connectivity index is 0.844. The molecule has 4 atom stereocenters. The van der Waals surface area contributed by atoms with Crippen LogP contribution in [0.3, 0.4) is 0 Å². The summed E-state index contributed by atoms with van der Waals surface area (Å²) in [7, 11) is 0. The van der Waals surface area contributed by atoms with Gasteiger partial charge >= 0.3 is 0 Å². The Labute approximate surface area is 235 Å². The minimum Gasteiger partial charge on any atom is -0.375 e. The quantitative estimate of drug-likeness (QED) is 0.189. The highest BCUT2D eigenvalue weighted by Gasteiger charge is 2.26. The minimum atomic E-state index is 0.429. The van der Waals surface area contributed by atoms with Crippen molar-refractivity contribution in [1.29, 1.82) is 0 Å². The van der Waals surface area contributed by atoms with Crippen LogP contribution in [-0.4, -0.2) is 25.3 Å². The second-order valence-electron chi connectivity index (χ2n) is 12.2. The molecule has 2 nitrogen and oxygen atoms in total. The van der Waals surface area contributed by atoms with Gasteiger partial charge in [0.25, 0.3) is 0 Å². The van der Waals surface area contributed by atoms with E-state index < -0.39 is 0 Å². The maximum Gasteiger partial charge on any atom is 0.0592 e.